The van der Waals surface area contributed by atoms with Crippen LogP contribution in [-0.2, 0) is 4.79 Å². The van der Waals surface area contributed by atoms with Crippen LogP contribution in [0.5, 0.6) is 0 Å². The zero-order valence-corrected chi connectivity index (χ0v) is 7.23. The molecule has 1 atom stereocenters. The maximum Gasteiger partial charge on any atom is 0.174 e. The molecule has 0 spiro atoms. The van der Waals surface area contributed by atoms with Crippen LogP contribution in [0.25, 0.3) is 0 Å². The fourth-order valence-corrected chi connectivity index (χ4v) is 0.896. The fourth-order valence-electron chi connectivity index (χ4n) is 0.896. The molecule has 0 radical (unpaired) electrons. The van der Waals surface area contributed by atoms with Gasteiger partial charge in [0.1, 0.15) is 0 Å². The third-order valence-electron chi connectivity index (χ3n) is 1.69. The third-order valence-corrected chi connectivity index (χ3v) is 1.69. The van der Waals surface area contributed by atoms with E-state index in [0.717, 1.165) is 0 Å². The third kappa shape index (κ3) is 3.13. The summed E-state index contributed by atoms with van der Waals surface area (Å²) in [6.45, 7) is 3.41. The first-order chi connectivity index (χ1) is 5.67. The van der Waals surface area contributed by atoms with Crippen molar-refractivity contribution in [3.8, 4) is 0 Å². The average Bonchev–Trinajstić information content (AvgIpc) is 2.06. The predicted octanol–water partition coefficient (Wildman–Crippen LogP) is -0.974. The molecule has 0 saturated carbocycles. The summed E-state index contributed by atoms with van der Waals surface area (Å²) in [5, 5.41) is 17.4. The molecule has 0 saturated heterocycles. The molecule has 4 nitrogen and oxygen atoms in total. The summed E-state index contributed by atoms with van der Waals surface area (Å²) in [7, 11) is 1.67. The van der Waals surface area contributed by atoms with Crippen LogP contribution < -0.4 is 0 Å². The number of carbonyl (C=O) groups excluding carboxylic acids is 1. The van der Waals surface area contributed by atoms with E-state index in [9.17, 15) is 4.79 Å². The lowest BCUT2D eigenvalue weighted by molar-refractivity contribution is -0.120. The standard InChI is InChI=1S/C8H15NO3/c1-3-8(12)7(6-11)9(2)4-5-10/h3,7,10-11H,1,4-6H2,2H3. The van der Waals surface area contributed by atoms with Gasteiger partial charge < -0.3 is 10.2 Å². The lowest BCUT2D eigenvalue weighted by Gasteiger charge is -2.22. The molecule has 1 unspecified atom stereocenters. The van der Waals surface area contributed by atoms with Crippen molar-refractivity contribution in [2.45, 2.75) is 6.04 Å². The first kappa shape index (κ1) is 11.3. The Labute approximate surface area is 72.1 Å². The van der Waals surface area contributed by atoms with Crippen molar-refractivity contribution >= 4 is 5.78 Å². The van der Waals surface area contributed by atoms with Gasteiger partial charge in [0.2, 0.25) is 0 Å². The van der Waals surface area contributed by atoms with E-state index >= 15 is 0 Å². The summed E-state index contributed by atoms with van der Waals surface area (Å²) in [6.07, 6.45) is 1.18. The molecule has 0 aromatic rings. The lowest BCUT2D eigenvalue weighted by Crippen LogP contribution is -2.41. The minimum absolute atomic E-state index is 0.0303. The molecule has 70 valence electrons. The van der Waals surface area contributed by atoms with Gasteiger partial charge in [-0.2, -0.15) is 0 Å². The summed E-state index contributed by atoms with van der Waals surface area (Å²) in [5.74, 6) is -0.228. The van der Waals surface area contributed by atoms with Crippen LogP contribution in [0, 0.1) is 0 Å². The van der Waals surface area contributed by atoms with E-state index < -0.39 is 6.04 Å². The number of nitrogens with zero attached hydrogens (tertiary/aromatic N) is 1. The predicted molar refractivity (Wildman–Crippen MR) is 45.8 cm³/mol. The number of carbonyl (C=O) groups is 1. The van der Waals surface area contributed by atoms with Gasteiger partial charge in [-0.1, -0.05) is 6.58 Å². The van der Waals surface area contributed by atoms with Crippen molar-refractivity contribution in [1.29, 1.82) is 0 Å². The van der Waals surface area contributed by atoms with E-state index in [0.29, 0.717) is 6.54 Å². The average molecular weight is 173 g/mol. The van der Waals surface area contributed by atoms with Crippen LogP contribution >= 0.6 is 0 Å². The quantitative estimate of drug-likeness (QED) is 0.507. The summed E-state index contributed by atoms with van der Waals surface area (Å²) in [5.41, 5.74) is 0. The zero-order chi connectivity index (χ0) is 9.56. The van der Waals surface area contributed by atoms with Crippen molar-refractivity contribution in [3.05, 3.63) is 12.7 Å². The van der Waals surface area contributed by atoms with Crippen LogP contribution in [0.4, 0.5) is 0 Å². The highest BCUT2D eigenvalue weighted by Crippen LogP contribution is 1.97. The van der Waals surface area contributed by atoms with Crippen LogP contribution in [0.15, 0.2) is 12.7 Å². The van der Waals surface area contributed by atoms with Gasteiger partial charge in [-0.05, 0) is 13.1 Å². The van der Waals surface area contributed by atoms with Gasteiger partial charge in [0.15, 0.2) is 5.78 Å². The van der Waals surface area contributed by atoms with Crippen molar-refractivity contribution in [3.63, 3.8) is 0 Å². The lowest BCUT2D eigenvalue weighted by atomic mass is 10.2. The Kier molecular flexibility index (Phi) is 5.53. The summed E-state index contributed by atoms with van der Waals surface area (Å²) < 4.78 is 0. The van der Waals surface area contributed by atoms with Gasteiger partial charge >= 0.3 is 0 Å². The van der Waals surface area contributed by atoms with E-state index in [4.69, 9.17) is 10.2 Å². The Balaban J connectivity index is 4.12. The van der Waals surface area contributed by atoms with E-state index in [2.05, 4.69) is 6.58 Å². The SMILES string of the molecule is C=CC(=O)C(CO)N(C)CCO. The molecule has 12 heavy (non-hydrogen) atoms. The Morgan fingerprint density at radius 1 is 1.67 bits per heavy atom. The molecular weight excluding hydrogens is 158 g/mol. The Morgan fingerprint density at radius 2 is 2.25 bits per heavy atom. The number of likely N-dealkylation sites (N-methyl/N-ethyl adjacent to an activating group) is 1. The minimum atomic E-state index is -0.574. The van der Waals surface area contributed by atoms with Crippen molar-refractivity contribution in [2.24, 2.45) is 0 Å². The number of rotatable bonds is 6. The number of aliphatic hydroxyl groups excluding tert-OH is 2. The van der Waals surface area contributed by atoms with Gasteiger partial charge in [0.05, 0.1) is 19.3 Å². The van der Waals surface area contributed by atoms with Gasteiger partial charge in [-0.3, -0.25) is 9.69 Å². The van der Waals surface area contributed by atoms with Crippen molar-refractivity contribution < 1.29 is 15.0 Å². The Morgan fingerprint density at radius 3 is 2.58 bits per heavy atom. The summed E-state index contributed by atoms with van der Waals surface area (Å²) in [4.78, 5) is 12.6. The number of hydrogen-bond donors (Lipinski definition) is 2. The molecule has 0 aliphatic carbocycles. The van der Waals surface area contributed by atoms with Crippen LogP contribution in [0.3, 0.4) is 0 Å². The van der Waals surface area contributed by atoms with Crippen molar-refractivity contribution in [1.82, 2.24) is 4.90 Å². The highest BCUT2D eigenvalue weighted by molar-refractivity contribution is 5.93. The van der Waals surface area contributed by atoms with Gasteiger partial charge in [0, 0.05) is 6.54 Å². The Hall–Kier alpha value is -0.710. The molecule has 0 rings (SSSR count). The molecule has 0 amide bonds. The van der Waals surface area contributed by atoms with Gasteiger partial charge in [-0.15, -0.1) is 0 Å². The first-order valence-electron chi connectivity index (χ1n) is 3.75. The van der Waals surface area contributed by atoms with E-state index in [-0.39, 0.29) is 19.0 Å². The Bertz CT molecular complexity index is 158. The second-order valence-corrected chi connectivity index (χ2v) is 2.51. The van der Waals surface area contributed by atoms with Crippen LogP contribution in [-0.4, -0.2) is 53.7 Å². The molecule has 0 aromatic heterocycles. The normalized spacial score (nSPS) is 13.0. The summed E-state index contributed by atoms with van der Waals surface area (Å²) in [6, 6.07) is -0.574. The van der Waals surface area contributed by atoms with E-state index in [1.807, 2.05) is 0 Å². The number of aliphatic hydroxyl groups is 2. The molecule has 0 aliphatic heterocycles. The maximum atomic E-state index is 11.1. The topological polar surface area (TPSA) is 60.8 Å². The molecular formula is C8H15NO3. The minimum Gasteiger partial charge on any atom is -0.395 e. The fraction of sp³-hybridized carbons (Fsp3) is 0.625. The first-order valence-corrected chi connectivity index (χ1v) is 3.75. The van der Waals surface area contributed by atoms with Crippen LogP contribution in [0.1, 0.15) is 0 Å². The highest BCUT2D eigenvalue weighted by Gasteiger charge is 2.18. The largest absolute Gasteiger partial charge is 0.395 e. The molecule has 2 N–H and O–H groups in total. The second kappa shape index (κ2) is 5.88. The monoisotopic (exact) mass is 173 g/mol. The molecule has 0 aliphatic rings. The molecule has 0 aromatic carbocycles. The summed E-state index contributed by atoms with van der Waals surface area (Å²) >= 11 is 0. The second-order valence-electron chi connectivity index (χ2n) is 2.51. The van der Waals surface area contributed by atoms with Gasteiger partial charge in [0.25, 0.3) is 0 Å². The molecule has 4 heteroatoms. The zero-order valence-electron chi connectivity index (χ0n) is 7.23. The van der Waals surface area contributed by atoms with Crippen molar-refractivity contribution in [2.75, 3.05) is 26.8 Å². The molecule has 0 heterocycles. The molecule has 0 bridgehead atoms. The smallest absolute Gasteiger partial charge is 0.174 e. The maximum absolute atomic E-state index is 11.1. The number of hydrogen-bond acceptors (Lipinski definition) is 4. The number of ketones is 1. The van der Waals surface area contributed by atoms with E-state index in [1.54, 1.807) is 11.9 Å². The highest BCUT2D eigenvalue weighted by atomic mass is 16.3. The van der Waals surface area contributed by atoms with E-state index in [1.165, 1.54) is 6.08 Å². The van der Waals surface area contributed by atoms with Crippen LogP contribution in [0.2, 0.25) is 0 Å². The van der Waals surface area contributed by atoms with Gasteiger partial charge in [-0.25, -0.2) is 0 Å². The molecule has 0 fully saturated rings.